The predicted molar refractivity (Wildman–Crippen MR) is 55.9 cm³/mol. The summed E-state index contributed by atoms with van der Waals surface area (Å²) in [6, 6.07) is -0.597. The first-order valence-corrected chi connectivity index (χ1v) is 5.15. The summed E-state index contributed by atoms with van der Waals surface area (Å²) >= 11 is 0. The third-order valence-corrected chi connectivity index (χ3v) is 2.05. The Balaban J connectivity index is 2.49. The van der Waals surface area contributed by atoms with Crippen LogP contribution in [0.15, 0.2) is 0 Å². The molecule has 0 bridgehead atoms. The van der Waals surface area contributed by atoms with Crippen LogP contribution in [0.1, 0.15) is 20.8 Å². The molecule has 0 unspecified atom stereocenters. The number of nitrogens with one attached hydrogen (secondary N) is 1. The van der Waals surface area contributed by atoms with E-state index in [1.807, 2.05) is 0 Å². The first-order valence-electron chi connectivity index (χ1n) is 5.15. The van der Waals surface area contributed by atoms with Gasteiger partial charge in [-0.3, -0.25) is 0 Å². The standard InChI is InChI=1S/C10H19NO5/c1-10(2,3)16-9(13)11-7-6(12)5-15-8(7)14-4/h6-8,12H,5H2,1-4H3,(H,11,13)/t6-,7-,8-/m0/s1. The zero-order valence-electron chi connectivity index (χ0n) is 10.0. The van der Waals surface area contributed by atoms with Gasteiger partial charge in [0.1, 0.15) is 17.7 Å². The predicted octanol–water partition coefficient (Wildman–Crippen LogP) is 0.243. The summed E-state index contributed by atoms with van der Waals surface area (Å²) in [6.07, 6.45) is -2.01. The molecule has 16 heavy (non-hydrogen) atoms. The Bertz CT molecular complexity index is 250. The van der Waals surface area contributed by atoms with E-state index in [-0.39, 0.29) is 6.61 Å². The number of amides is 1. The molecule has 3 atom stereocenters. The first kappa shape index (κ1) is 13.2. The lowest BCUT2D eigenvalue weighted by molar-refractivity contribution is -0.0997. The lowest BCUT2D eigenvalue weighted by Crippen LogP contribution is -2.48. The third-order valence-electron chi connectivity index (χ3n) is 2.05. The molecule has 0 aromatic carbocycles. The highest BCUT2D eigenvalue weighted by molar-refractivity contribution is 5.68. The number of hydrogen-bond donors (Lipinski definition) is 2. The van der Waals surface area contributed by atoms with Crippen LogP contribution >= 0.6 is 0 Å². The van der Waals surface area contributed by atoms with Gasteiger partial charge in [-0.05, 0) is 20.8 Å². The van der Waals surface area contributed by atoms with Crippen molar-refractivity contribution >= 4 is 6.09 Å². The number of carbonyl (C=O) groups excluding carboxylic acids is 1. The maximum atomic E-state index is 11.5. The van der Waals surface area contributed by atoms with Crippen molar-refractivity contribution in [3.8, 4) is 0 Å². The molecular formula is C10H19NO5. The van der Waals surface area contributed by atoms with Gasteiger partial charge < -0.3 is 24.6 Å². The van der Waals surface area contributed by atoms with Crippen molar-refractivity contribution < 1.29 is 24.1 Å². The van der Waals surface area contributed by atoms with Crippen LogP contribution in [-0.4, -0.2) is 49.0 Å². The summed E-state index contributed by atoms with van der Waals surface area (Å²) in [4.78, 5) is 11.5. The van der Waals surface area contributed by atoms with Crippen molar-refractivity contribution in [1.29, 1.82) is 0 Å². The Kier molecular flexibility index (Phi) is 4.12. The van der Waals surface area contributed by atoms with Crippen molar-refractivity contribution in [3.05, 3.63) is 0 Å². The summed E-state index contributed by atoms with van der Waals surface area (Å²) in [6.45, 7) is 5.44. The van der Waals surface area contributed by atoms with Crippen molar-refractivity contribution in [2.24, 2.45) is 0 Å². The Hall–Kier alpha value is -0.850. The highest BCUT2D eigenvalue weighted by Crippen LogP contribution is 2.16. The van der Waals surface area contributed by atoms with E-state index < -0.39 is 30.1 Å². The maximum Gasteiger partial charge on any atom is 0.408 e. The van der Waals surface area contributed by atoms with Crippen LogP contribution in [-0.2, 0) is 14.2 Å². The third kappa shape index (κ3) is 3.62. The molecule has 6 nitrogen and oxygen atoms in total. The zero-order valence-corrected chi connectivity index (χ0v) is 10.0. The number of aliphatic hydroxyl groups is 1. The Labute approximate surface area is 94.9 Å². The molecule has 0 radical (unpaired) electrons. The number of alkyl carbamates (subject to hydrolysis) is 1. The SMILES string of the molecule is CO[C@H]1OC[C@H](O)[C@@H]1NC(=O)OC(C)(C)C. The van der Waals surface area contributed by atoms with Gasteiger partial charge in [0, 0.05) is 7.11 Å². The zero-order chi connectivity index (χ0) is 12.3. The monoisotopic (exact) mass is 233 g/mol. The van der Waals surface area contributed by atoms with Gasteiger partial charge in [-0.1, -0.05) is 0 Å². The smallest absolute Gasteiger partial charge is 0.408 e. The fourth-order valence-electron chi connectivity index (χ4n) is 1.40. The van der Waals surface area contributed by atoms with E-state index in [9.17, 15) is 9.90 Å². The molecule has 0 aromatic rings. The molecule has 1 fully saturated rings. The molecule has 2 N–H and O–H groups in total. The van der Waals surface area contributed by atoms with Gasteiger partial charge in [0.2, 0.25) is 0 Å². The summed E-state index contributed by atoms with van der Waals surface area (Å²) in [7, 11) is 1.45. The highest BCUT2D eigenvalue weighted by atomic mass is 16.7. The molecule has 0 aliphatic carbocycles. The molecule has 1 saturated heterocycles. The summed E-state index contributed by atoms with van der Waals surface area (Å²) < 4.78 is 15.2. The van der Waals surface area contributed by atoms with E-state index in [2.05, 4.69) is 5.32 Å². The normalized spacial score (nSPS) is 30.2. The second kappa shape index (κ2) is 4.99. The summed E-state index contributed by atoms with van der Waals surface area (Å²) in [5, 5.41) is 12.1. The first-order chi connectivity index (χ1) is 7.33. The van der Waals surface area contributed by atoms with Gasteiger partial charge in [0.05, 0.1) is 6.61 Å². The quantitative estimate of drug-likeness (QED) is 0.714. The van der Waals surface area contributed by atoms with E-state index in [4.69, 9.17) is 14.2 Å². The van der Waals surface area contributed by atoms with Crippen LogP contribution in [0.4, 0.5) is 4.79 Å². The van der Waals surface area contributed by atoms with Gasteiger partial charge in [0.15, 0.2) is 6.29 Å². The van der Waals surface area contributed by atoms with E-state index in [1.165, 1.54) is 7.11 Å². The molecule has 0 saturated carbocycles. The number of rotatable bonds is 2. The highest BCUT2D eigenvalue weighted by Gasteiger charge is 2.38. The topological polar surface area (TPSA) is 77.0 Å². The van der Waals surface area contributed by atoms with Crippen molar-refractivity contribution in [3.63, 3.8) is 0 Å². The van der Waals surface area contributed by atoms with Crippen LogP contribution in [0.5, 0.6) is 0 Å². The van der Waals surface area contributed by atoms with Crippen molar-refractivity contribution in [2.75, 3.05) is 13.7 Å². The number of hydrogen-bond acceptors (Lipinski definition) is 5. The van der Waals surface area contributed by atoms with Crippen LogP contribution in [0, 0.1) is 0 Å². The van der Waals surface area contributed by atoms with E-state index in [1.54, 1.807) is 20.8 Å². The number of aliphatic hydroxyl groups excluding tert-OH is 1. The molecule has 1 heterocycles. The number of ether oxygens (including phenoxy) is 3. The van der Waals surface area contributed by atoms with Gasteiger partial charge in [-0.25, -0.2) is 4.79 Å². The lowest BCUT2D eigenvalue weighted by atomic mass is 10.2. The van der Waals surface area contributed by atoms with Gasteiger partial charge in [0.25, 0.3) is 0 Å². The fourth-order valence-corrected chi connectivity index (χ4v) is 1.40. The lowest BCUT2D eigenvalue weighted by Gasteiger charge is -2.24. The summed E-state index contributed by atoms with van der Waals surface area (Å²) in [5.74, 6) is 0. The molecule has 1 aliphatic rings. The average Bonchev–Trinajstić information content (AvgIpc) is 2.44. The second-order valence-corrected chi connectivity index (χ2v) is 4.68. The van der Waals surface area contributed by atoms with Gasteiger partial charge >= 0.3 is 6.09 Å². The molecule has 0 spiro atoms. The Morgan fingerprint density at radius 2 is 2.12 bits per heavy atom. The number of methoxy groups -OCH3 is 1. The molecule has 6 heteroatoms. The summed E-state index contributed by atoms with van der Waals surface area (Å²) in [5.41, 5.74) is -0.572. The number of carbonyl (C=O) groups is 1. The molecule has 0 aromatic heterocycles. The van der Waals surface area contributed by atoms with E-state index in [0.717, 1.165) is 0 Å². The second-order valence-electron chi connectivity index (χ2n) is 4.68. The van der Waals surface area contributed by atoms with Crippen LogP contribution < -0.4 is 5.32 Å². The van der Waals surface area contributed by atoms with Crippen LogP contribution in [0.3, 0.4) is 0 Å². The van der Waals surface area contributed by atoms with E-state index >= 15 is 0 Å². The fraction of sp³-hybridized carbons (Fsp3) is 0.900. The largest absolute Gasteiger partial charge is 0.444 e. The van der Waals surface area contributed by atoms with Gasteiger partial charge in [-0.15, -0.1) is 0 Å². The molecular weight excluding hydrogens is 214 g/mol. The minimum atomic E-state index is -0.780. The molecule has 1 rings (SSSR count). The molecule has 1 aliphatic heterocycles. The minimum absolute atomic E-state index is 0.138. The van der Waals surface area contributed by atoms with Gasteiger partial charge in [-0.2, -0.15) is 0 Å². The Morgan fingerprint density at radius 3 is 2.62 bits per heavy atom. The van der Waals surface area contributed by atoms with E-state index in [0.29, 0.717) is 0 Å². The Morgan fingerprint density at radius 1 is 1.50 bits per heavy atom. The van der Waals surface area contributed by atoms with Crippen molar-refractivity contribution in [2.45, 2.75) is 44.8 Å². The molecule has 94 valence electrons. The average molecular weight is 233 g/mol. The molecule has 1 amide bonds. The maximum absolute atomic E-state index is 11.5. The van der Waals surface area contributed by atoms with Crippen LogP contribution in [0.25, 0.3) is 0 Å². The van der Waals surface area contributed by atoms with Crippen LogP contribution in [0.2, 0.25) is 0 Å². The van der Waals surface area contributed by atoms with Crippen molar-refractivity contribution in [1.82, 2.24) is 5.32 Å². The minimum Gasteiger partial charge on any atom is -0.444 e.